The molecule has 0 aromatic carbocycles. The lowest BCUT2D eigenvalue weighted by Gasteiger charge is -2.26. The molecule has 2 rings (SSSR count). The van der Waals surface area contributed by atoms with Crippen LogP contribution < -0.4 is 10.2 Å². The highest BCUT2D eigenvalue weighted by Crippen LogP contribution is 2.24. The van der Waals surface area contributed by atoms with Gasteiger partial charge in [0.1, 0.15) is 5.82 Å². The van der Waals surface area contributed by atoms with Crippen LogP contribution in [0.4, 0.5) is 11.8 Å². The summed E-state index contributed by atoms with van der Waals surface area (Å²) in [5, 5.41) is 13.0. The van der Waals surface area contributed by atoms with Crippen molar-refractivity contribution in [2.75, 3.05) is 30.9 Å². The summed E-state index contributed by atoms with van der Waals surface area (Å²) in [6.07, 6.45) is 5.82. The number of aromatic nitrogens is 2. The fourth-order valence-electron chi connectivity index (χ4n) is 2.36. The van der Waals surface area contributed by atoms with E-state index in [0.717, 1.165) is 31.6 Å². The van der Waals surface area contributed by atoms with Gasteiger partial charge in [-0.25, -0.2) is 4.98 Å². The number of rotatable bonds is 4. The Kier molecular flexibility index (Phi) is 4.36. The van der Waals surface area contributed by atoms with Crippen molar-refractivity contribution in [3.8, 4) is 0 Å². The van der Waals surface area contributed by atoms with Crippen LogP contribution in [0.3, 0.4) is 0 Å². The van der Waals surface area contributed by atoms with E-state index in [-0.39, 0.29) is 6.10 Å². The van der Waals surface area contributed by atoms with Crippen molar-refractivity contribution < 1.29 is 5.11 Å². The summed E-state index contributed by atoms with van der Waals surface area (Å²) in [5.74, 6) is 2.11. The molecule has 0 spiro atoms. The van der Waals surface area contributed by atoms with Crippen LogP contribution in [0.2, 0.25) is 0 Å². The first-order chi connectivity index (χ1) is 8.65. The van der Waals surface area contributed by atoms with Gasteiger partial charge in [0.15, 0.2) is 0 Å². The smallest absolute Gasteiger partial charge is 0.226 e. The maximum absolute atomic E-state index is 9.63. The number of aliphatic hydroxyl groups is 1. The van der Waals surface area contributed by atoms with E-state index in [1.165, 1.54) is 6.42 Å². The number of hydrogen-bond acceptors (Lipinski definition) is 5. The second-order valence-electron chi connectivity index (χ2n) is 5.20. The number of nitrogens with zero attached hydrogens (tertiary/aromatic N) is 3. The number of aliphatic hydroxyl groups excluding tert-OH is 1. The molecule has 1 fully saturated rings. The van der Waals surface area contributed by atoms with Gasteiger partial charge < -0.3 is 15.3 Å². The lowest BCUT2D eigenvalue weighted by atomic mass is 9.87. The Bertz CT molecular complexity index is 383. The molecule has 5 nitrogen and oxygen atoms in total. The zero-order valence-corrected chi connectivity index (χ0v) is 11.1. The molecule has 1 heterocycles. The van der Waals surface area contributed by atoms with Crippen molar-refractivity contribution in [2.24, 2.45) is 5.92 Å². The quantitative estimate of drug-likeness (QED) is 0.848. The molecule has 1 saturated carbocycles. The first-order valence-corrected chi connectivity index (χ1v) is 6.57. The Morgan fingerprint density at radius 1 is 1.44 bits per heavy atom. The number of nitrogens with one attached hydrogen (secondary N) is 1. The number of hydrogen-bond donors (Lipinski definition) is 2. The van der Waals surface area contributed by atoms with Gasteiger partial charge in [0.25, 0.3) is 0 Å². The topological polar surface area (TPSA) is 61.3 Å². The molecule has 1 aliphatic carbocycles. The summed E-state index contributed by atoms with van der Waals surface area (Å²) in [7, 11) is 3.85. The standard InChI is InChI=1S/C13H22N4O/c1-17(2)13-14-7-6-12(16-13)15-9-10-4-3-5-11(18)8-10/h6-7,10-11,18H,3-5,8-9H2,1-2H3,(H,14,15,16). The molecule has 0 amide bonds. The summed E-state index contributed by atoms with van der Waals surface area (Å²) in [6.45, 7) is 0.876. The zero-order chi connectivity index (χ0) is 13.0. The molecule has 2 atom stereocenters. The van der Waals surface area contributed by atoms with Crippen molar-refractivity contribution in [3.05, 3.63) is 12.3 Å². The van der Waals surface area contributed by atoms with Crippen LogP contribution in [0.1, 0.15) is 25.7 Å². The SMILES string of the molecule is CN(C)c1nccc(NCC2CCCC(O)C2)n1. The fraction of sp³-hybridized carbons (Fsp3) is 0.692. The molecule has 2 N–H and O–H groups in total. The molecule has 1 aliphatic rings. The van der Waals surface area contributed by atoms with E-state index < -0.39 is 0 Å². The predicted octanol–water partition coefficient (Wildman–Crippen LogP) is 1.51. The highest BCUT2D eigenvalue weighted by atomic mass is 16.3. The van der Waals surface area contributed by atoms with Crippen molar-refractivity contribution in [2.45, 2.75) is 31.8 Å². The summed E-state index contributed by atoms with van der Waals surface area (Å²) < 4.78 is 0. The van der Waals surface area contributed by atoms with Crippen LogP contribution in [-0.4, -0.2) is 41.8 Å². The van der Waals surface area contributed by atoms with E-state index in [0.29, 0.717) is 11.9 Å². The van der Waals surface area contributed by atoms with Gasteiger partial charge in [0.2, 0.25) is 5.95 Å². The van der Waals surface area contributed by atoms with Crippen LogP contribution in [0.15, 0.2) is 12.3 Å². The first-order valence-electron chi connectivity index (χ1n) is 6.57. The minimum Gasteiger partial charge on any atom is -0.393 e. The van der Waals surface area contributed by atoms with E-state index in [4.69, 9.17) is 0 Å². The summed E-state index contributed by atoms with van der Waals surface area (Å²) in [5.41, 5.74) is 0. The molecule has 2 unspecified atom stereocenters. The fourth-order valence-corrected chi connectivity index (χ4v) is 2.36. The van der Waals surface area contributed by atoms with Crippen molar-refractivity contribution >= 4 is 11.8 Å². The molecule has 18 heavy (non-hydrogen) atoms. The molecule has 0 saturated heterocycles. The van der Waals surface area contributed by atoms with Crippen LogP contribution in [-0.2, 0) is 0 Å². The molecular weight excluding hydrogens is 228 g/mol. The maximum atomic E-state index is 9.63. The zero-order valence-electron chi connectivity index (χ0n) is 11.1. The largest absolute Gasteiger partial charge is 0.393 e. The second-order valence-corrected chi connectivity index (χ2v) is 5.20. The average molecular weight is 250 g/mol. The highest BCUT2D eigenvalue weighted by Gasteiger charge is 2.19. The Morgan fingerprint density at radius 3 is 3.00 bits per heavy atom. The van der Waals surface area contributed by atoms with Gasteiger partial charge in [-0.05, 0) is 31.2 Å². The third-order valence-electron chi connectivity index (χ3n) is 3.37. The van der Waals surface area contributed by atoms with Gasteiger partial charge in [-0.3, -0.25) is 0 Å². The van der Waals surface area contributed by atoms with Gasteiger partial charge in [0, 0.05) is 26.8 Å². The Balaban J connectivity index is 1.87. The van der Waals surface area contributed by atoms with Crippen LogP contribution in [0.5, 0.6) is 0 Å². The van der Waals surface area contributed by atoms with Crippen LogP contribution in [0.25, 0.3) is 0 Å². The normalized spacial score (nSPS) is 23.7. The minimum atomic E-state index is -0.117. The second kappa shape index (κ2) is 6.00. The van der Waals surface area contributed by atoms with Gasteiger partial charge in [-0.2, -0.15) is 4.98 Å². The van der Waals surface area contributed by atoms with Crippen molar-refractivity contribution in [1.82, 2.24) is 9.97 Å². The summed E-state index contributed by atoms with van der Waals surface area (Å²) in [4.78, 5) is 10.5. The van der Waals surface area contributed by atoms with Gasteiger partial charge in [-0.1, -0.05) is 6.42 Å². The summed E-state index contributed by atoms with van der Waals surface area (Å²) in [6, 6.07) is 1.88. The third-order valence-corrected chi connectivity index (χ3v) is 3.37. The molecule has 0 bridgehead atoms. The Morgan fingerprint density at radius 2 is 2.28 bits per heavy atom. The first kappa shape index (κ1) is 13.1. The molecule has 1 aromatic heterocycles. The van der Waals surface area contributed by atoms with E-state index in [1.807, 2.05) is 25.1 Å². The third kappa shape index (κ3) is 3.57. The van der Waals surface area contributed by atoms with Crippen LogP contribution in [0, 0.1) is 5.92 Å². The van der Waals surface area contributed by atoms with Crippen molar-refractivity contribution in [3.63, 3.8) is 0 Å². The Labute approximate surface area is 108 Å². The molecule has 100 valence electrons. The summed E-state index contributed by atoms with van der Waals surface area (Å²) >= 11 is 0. The number of anilines is 2. The Hall–Kier alpha value is -1.36. The molecule has 0 radical (unpaired) electrons. The van der Waals surface area contributed by atoms with E-state index in [2.05, 4.69) is 15.3 Å². The van der Waals surface area contributed by atoms with Gasteiger partial charge in [0.05, 0.1) is 6.10 Å². The van der Waals surface area contributed by atoms with E-state index in [1.54, 1.807) is 6.20 Å². The predicted molar refractivity (Wildman–Crippen MR) is 72.8 cm³/mol. The van der Waals surface area contributed by atoms with E-state index >= 15 is 0 Å². The lowest BCUT2D eigenvalue weighted by Crippen LogP contribution is -2.25. The maximum Gasteiger partial charge on any atom is 0.226 e. The van der Waals surface area contributed by atoms with Crippen molar-refractivity contribution in [1.29, 1.82) is 0 Å². The minimum absolute atomic E-state index is 0.117. The monoisotopic (exact) mass is 250 g/mol. The van der Waals surface area contributed by atoms with Gasteiger partial charge >= 0.3 is 0 Å². The molecule has 1 aromatic rings. The van der Waals surface area contributed by atoms with Gasteiger partial charge in [-0.15, -0.1) is 0 Å². The van der Waals surface area contributed by atoms with Crippen LogP contribution >= 0.6 is 0 Å². The molecule has 0 aliphatic heterocycles. The highest BCUT2D eigenvalue weighted by molar-refractivity contribution is 5.40. The molecule has 5 heteroatoms. The van der Waals surface area contributed by atoms with E-state index in [9.17, 15) is 5.11 Å². The molecular formula is C13H22N4O. The average Bonchev–Trinajstić information content (AvgIpc) is 2.37. The lowest BCUT2D eigenvalue weighted by molar-refractivity contribution is 0.104.